The largest absolute Gasteiger partial charge is 0.385 e. The monoisotopic (exact) mass is 270 g/mol. The summed E-state index contributed by atoms with van der Waals surface area (Å²) in [6.07, 6.45) is 0.404. The van der Waals surface area contributed by atoms with Gasteiger partial charge < -0.3 is 5.73 Å². The van der Waals surface area contributed by atoms with Crippen LogP contribution in [0, 0.1) is 0 Å². The fourth-order valence-corrected chi connectivity index (χ4v) is 1.69. The molecule has 2 rings (SSSR count). The van der Waals surface area contributed by atoms with Gasteiger partial charge in [0.15, 0.2) is 5.84 Å². The van der Waals surface area contributed by atoms with Crippen LogP contribution in [0.15, 0.2) is 38.7 Å². The number of anilines is 1. The van der Waals surface area contributed by atoms with Crippen LogP contribution in [-0.4, -0.2) is 11.7 Å². The van der Waals surface area contributed by atoms with Crippen LogP contribution >= 0.6 is 23.2 Å². The highest BCUT2D eigenvalue weighted by atomic mass is 35.5. The Hall–Kier alpha value is -1.66. The maximum Gasteiger partial charge on any atom is 0.182 e. The van der Waals surface area contributed by atoms with Gasteiger partial charge in [-0.25, -0.2) is 0 Å². The van der Waals surface area contributed by atoms with Crippen molar-refractivity contribution in [3.05, 3.63) is 28.2 Å². The lowest BCUT2D eigenvalue weighted by molar-refractivity contribution is 1.13. The molecule has 1 aromatic rings. The van der Waals surface area contributed by atoms with Crippen LogP contribution in [0.4, 0.5) is 5.69 Å². The van der Waals surface area contributed by atoms with Gasteiger partial charge in [0.25, 0.3) is 0 Å². The van der Waals surface area contributed by atoms with Gasteiger partial charge in [-0.15, -0.1) is 15.3 Å². The average Bonchev–Trinajstić information content (AvgIpc) is 2.63. The van der Waals surface area contributed by atoms with Crippen molar-refractivity contribution in [2.24, 2.45) is 26.3 Å². The Bertz CT molecular complexity index is 502. The fourth-order valence-electron chi connectivity index (χ4n) is 1.17. The molecule has 0 saturated heterocycles. The number of hydrogen-bond donors (Lipinski definition) is 2. The average molecular weight is 271 g/mol. The van der Waals surface area contributed by atoms with E-state index in [1.165, 1.54) is 0 Å². The molecule has 3 N–H and O–H groups in total. The number of halogens is 2. The van der Waals surface area contributed by atoms with Crippen molar-refractivity contribution in [2.45, 2.75) is 6.42 Å². The van der Waals surface area contributed by atoms with Gasteiger partial charge in [-0.05, 0) is 18.2 Å². The zero-order valence-electron chi connectivity index (χ0n) is 8.56. The second-order valence-electron chi connectivity index (χ2n) is 3.25. The quantitative estimate of drug-likeness (QED) is 0.639. The topological polar surface area (TPSA) is 87.5 Å². The lowest BCUT2D eigenvalue weighted by Gasteiger charge is -2.00. The third-order valence-corrected chi connectivity index (χ3v) is 2.28. The zero-order valence-corrected chi connectivity index (χ0v) is 10.1. The summed E-state index contributed by atoms with van der Waals surface area (Å²) in [5.74, 6) is 0.868. The van der Waals surface area contributed by atoms with Crippen LogP contribution in [0.3, 0.4) is 0 Å². The van der Waals surface area contributed by atoms with Crippen molar-refractivity contribution >= 4 is 40.6 Å². The second kappa shape index (κ2) is 5.11. The third-order valence-electron chi connectivity index (χ3n) is 1.84. The summed E-state index contributed by atoms with van der Waals surface area (Å²) >= 11 is 11.6. The molecule has 6 nitrogen and oxygen atoms in total. The molecule has 0 amide bonds. The normalized spacial score (nSPS) is 14.9. The third kappa shape index (κ3) is 3.40. The molecule has 0 bridgehead atoms. The summed E-state index contributed by atoms with van der Waals surface area (Å²) in [6, 6.07) is 4.97. The molecular formula is C9H8Cl2N6. The van der Waals surface area contributed by atoms with E-state index in [-0.39, 0.29) is 0 Å². The smallest absolute Gasteiger partial charge is 0.182 e. The van der Waals surface area contributed by atoms with Crippen molar-refractivity contribution in [3.63, 3.8) is 0 Å². The molecule has 1 aliphatic heterocycles. The Morgan fingerprint density at radius 1 is 1.18 bits per heavy atom. The van der Waals surface area contributed by atoms with Crippen LogP contribution in [0.2, 0.25) is 10.0 Å². The molecule has 0 aromatic heterocycles. The number of nitrogens with two attached hydrogens (primary N) is 1. The van der Waals surface area contributed by atoms with E-state index in [0.29, 0.717) is 33.8 Å². The van der Waals surface area contributed by atoms with Crippen molar-refractivity contribution in [3.8, 4) is 0 Å². The molecule has 1 aromatic carbocycles. The van der Waals surface area contributed by atoms with Crippen LogP contribution in [0.1, 0.15) is 6.42 Å². The van der Waals surface area contributed by atoms with Crippen molar-refractivity contribution in [1.29, 1.82) is 0 Å². The Morgan fingerprint density at radius 3 is 2.47 bits per heavy atom. The minimum Gasteiger partial charge on any atom is -0.385 e. The molecule has 0 saturated carbocycles. The molecule has 0 spiro atoms. The predicted octanol–water partition coefficient (Wildman–Crippen LogP) is 2.85. The maximum absolute atomic E-state index is 5.82. The van der Waals surface area contributed by atoms with E-state index in [9.17, 15) is 0 Å². The number of nitrogens with zero attached hydrogens (tertiary/aromatic N) is 4. The van der Waals surface area contributed by atoms with E-state index in [2.05, 4.69) is 26.0 Å². The summed E-state index contributed by atoms with van der Waals surface area (Å²) < 4.78 is 0. The highest BCUT2D eigenvalue weighted by Gasteiger charge is 2.07. The molecule has 88 valence electrons. The van der Waals surface area contributed by atoms with E-state index >= 15 is 0 Å². The lowest BCUT2D eigenvalue weighted by Crippen LogP contribution is -2.10. The number of nitrogens with one attached hydrogen (secondary N) is 1. The maximum atomic E-state index is 5.82. The first-order valence-corrected chi connectivity index (χ1v) is 5.41. The Morgan fingerprint density at radius 2 is 1.88 bits per heavy atom. The lowest BCUT2D eigenvalue weighted by atomic mass is 10.3. The summed E-state index contributed by atoms with van der Waals surface area (Å²) in [4.78, 5) is 0. The zero-order chi connectivity index (χ0) is 12.3. The minimum absolute atomic E-state index is 0.404. The van der Waals surface area contributed by atoms with Crippen LogP contribution in [0.25, 0.3) is 0 Å². The van der Waals surface area contributed by atoms with Crippen molar-refractivity contribution in [1.82, 2.24) is 0 Å². The van der Waals surface area contributed by atoms with Crippen LogP contribution < -0.4 is 11.2 Å². The SMILES string of the molecule is NC1=NN=C(N=NNc2cc(Cl)cc(Cl)c2)C1. The number of rotatable bonds is 2. The van der Waals surface area contributed by atoms with Crippen LogP contribution in [0.5, 0.6) is 0 Å². The molecule has 1 heterocycles. The van der Waals surface area contributed by atoms with E-state index in [1.54, 1.807) is 18.2 Å². The standard InChI is InChI=1S/C9H8Cl2N6/c10-5-1-6(11)3-7(2-5)13-17-16-9-4-8(12)14-15-9/h1-3H,4H2,(H2,12,14)(H,13,15,16). The molecular weight excluding hydrogens is 263 g/mol. The van der Waals surface area contributed by atoms with Crippen LogP contribution in [-0.2, 0) is 0 Å². The van der Waals surface area contributed by atoms with Gasteiger partial charge in [-0.2, -0.15) is 0 Å². The summed E-state index contributed by atoms with van der Waals surface area (Å²) in [6.45, 7) is 0. The van der Waals surface area contributed by atoms with Gasteiger partial charge in [-0.1, -0.05) is 28.4 Å². The van der Waals surface area contributed by atoms with Crippen molar-refractivity contribution in [2.75, 3.05) is 5.43 Å². The van der Waals surface area contributed by atoms with Gasteiger partial charge >= 0.3 is 0 Å². The Labute approximate surface area is 107 Å². The van der Waals surface area contributed by atoms with Gasteiger partial charge in [0.05, 0.1) is 12.1 Å². The molecule has 0 aliphatic carbocycles. The second-order valence-corrected chi connectivity index (χ2v) is 4.13. The number of amidine groups is 2. The predicted molar refractivity (Wildman–Crippen MR) is 68.6 cm³/mol. The number of hydrogen-bond acceptors (Lipinski definition) is 5. The first-order valence-electron chi connectivity index (χ1n) is 4.65. The summed E-state index contributed by atoms with van der Waals surface area (Å²) in [5.41, 5.74) is 8.75. The summed E-state index contributed by atoms with van der Waals surface area (Å²) in [5, 5.41) is 15.9. The molecule has 8 heteroatoms. The molecule has 0 fully saturated rings. The Balaban J connectivity index is 1.96. The minimum atomic E-state index is 0.404. The molecule has 17 heavy (non-hydrogen) atoms. The highest BCUT2D eigenvalue weighted by Crippen LogP contribution is 2.22. The molecule has 1 aliphatic rings. The van der Waals surface area contributed by atoms with Gasteiger partial charge in [0, 0.05) is 10.0 Å². The van der Waals surface area contributed by atoms with E-state index in [0.717, 1.165) is 0 Å². The fraction of sp³-hybridized carbons (Fsp3) is 0.111. The first-order chi connectivity index (χ1) is 8.13. The Kier molecular flexibility index (Phi) is 3.55. The summed E-state index contributed by atoms with van der Waals surface area (Å²) in [7, 11) is 0. The van der Waals surface area contributed by atoms with E-state index in [1.807, 2.05) is 0 Å². The highest BCUT2D eigenvalue weighted by molar-refractivity contribution is 6.35. The first kappa shape index (κ1) is 11.8. The molecule has 0 radical (unpaired) electrons. The van der Waals surface area contributed by atoms with Crippen molar-refractivity contribution < 1.29 is 0 Å². The van der Waals surface area contributed by atoms with E-state index in [4.69, 9.17) is 28.9 Å². The molecule has 0 unspecified atom stereocenters. The number of benzene rings is 1. The molecule has 0 atom stereocenters. The van der Waals surface area contributed by atoms with E-state index < -0.39 is 0 Å². The van der Waals surface area contributed by atoms with Gasteiger partial charge in [0.1, 0.15) is 5.84 Å². The van der Waals surface area contributed by atoms with Gasteiger partial charge in [0.2, 0.25) is 0 Å². The van der Waals surface area contributed by atoms with Gasteiger partial charge in [-0.3, -0.25) is 5.43 Å².